The van der Waals surface area contributed by atoms with Gasteiger partial charge in [0.2, 0.25) is 5.89 Å². The normalized spacial score (nSPS) is 25.7. The lowest BCUT2D eigenvalue weighted by molar-refractivity contribution is 0.250. The summed E-state index contributed by atoms with van der Waals surface area (Å²) in [5, 5.41) is 8.62. The molecule has 5 heterocycles. The van der Waals surface area contributed by atoms with Crippen molar-refractivity contribution >= 4 is 5.82 Å². The van der Waals surface area contributed by atoms with Crippen molar-refractivity contribution in [2.45, 2.75) is 18.9 Å². The number of aromatic nitrogens is 3. The molecule has 0 spiro atoms. The van der Waals surface area contributed by atoms with Crippen LogP contribution in [0, 0.1) is 0 Å². The molecule has 0 saturated carbocycles. The zero-order valence-corrected chi connectivity index (χ0v) is 11.3. The summed E-state index contributed by atoms with van der Waals surface area (Å²) in [6.07, 6.45) is 5.62. The Bertz CT molecular complexity index is 560. The third-order valence-corrected chi connectivity index (χ3v) is 4.25. The standard InChI is InChI=1S/C14H17N5O/c1-2-13(17-16-12(1)14-15-5-10-20-14)19-9-8-18-6-3-11(19)4-7-18/h1-2,5,10-11H,3-4,6-9H2. The third kappa shape index (κ3) is 2.06. The smallest absolute Gasteiger partial charge is 0.246 e. The third-order valence-electron chi connectivity index (χ3n) is 4.25. The van der Waals surface area contributed by atoms with Gasteiger partial charge in [-0.25, -0.2) is 4.98 Å². The van der Waals surface area contributed by atoms with E-state index in [9.17, 15) is 0 Å². The number of hydrogen-bond donors (Lipinski definition) is 0. The molecule has 3 saturated heterocycles. The zero-order chi connectivity index (χ0) is 13.4. The van der Waals surface area contributed by atoms with Gasteiger partial charge in [0.25, 0.3) is 0 Å². The van der Waals surface area contributed by atoms with Crippen molar-refractivity contribution in [3.63, 3.8) is 0 Å². The molecule has 0 radical (unpaired) electrons. The van der Waals surface area contributed by atoms with Gasteiger partial charge in [0.1, 0.15) is 12.0 Å². The first-order valence-corrected chi connectivity index (χ1v) is 7.13. The maximum absolute atomic E-state index is 5.24. The lowest BCUT2D eigenvalue weighted by atomic mass is 10.1. The van der Waals surface area contributed by atoms with Crippen LogP contribution in [0.1, 0.15) is 12.8 Å². The number of nitrogens with zero attached hydrogens (tertiary/aromatic N) is 5. The molecule has 0 unspecified atom stereocenters. The highest BCUT2D eigenvalue weighted by Crippen LogP contribution is 2.25. The van der Waals surface area contributed by atoms with Crippen molar-refractivity contribution in [1.82, 2.24) is 20.1 Å². The van der Waals surface area contributed by atoms with Crippen molar-refractivity contribution in [2.75, 3.05) is 31.1 Å². The molecular formula is C14H17N5O. The predicted molar refractivity (Wildman–Crippen MR) is 74.3 cm³/mol. The molecule has 2 bridgehead atoms. The summed E-state index contributed by atoms with van der Waals surface area (Å²) in [7, 11) is 0. The highest BCUT2D eigenvalue weighted by atomic mass is 16.3. The van der Waals surface area contributed by atoms with Gasteiger partial charge in [-0.15, -0.1) is 10.2 Å². The molecule has 0 N–H and O–H groups in total. The molecule has 0 amide bonds. The Morgan fingerprint density at radius 3 is 2.65 bits per heavy atom. The van der Waals surface area contributed by atoms with Crippen molar-refractivity contribution in [1.29, 1.82) is 0 Å². The molecule has 6 nitrogen and oxygen atoms in total. The molecule has 2 aromatic heterocycles. The summed E-state index contributed by atoms with van der Waals surface area (Å²) in [4.78, 5) is 9.03. The van der Waals surface area contributed by atoms with Crippen LogP contribution in [0.2, 0.25) is 0 Å². The molecule has 20 heavy (non-hydrogen) atoms. The van der Waals surface area contributed by atoms with Crippen LogP contribution in [0.4, 0.5) is 5.82 Å². The van der Waals surface area contributed by atoms with Crippen LogP contribution in [-0.2, 0) is 0 Å². The van der Waals surface area contributed by atoms with E-state index in [0.717, 1.165) is 18.9 Å². The van der Waals surface area contributed by atoms with E-state index >= 15 is 0 Å². The predicted octanol–water partition coefficient (Wildman–Crippen LogP) is 1.42. The molecule has 2 aromatic rings. The summed E-state index contributed by atoms with van der Waals surface area (Å²) in [5.41, 5.74) is 0.682. The van der Waals surface area contributed by atoms with Crippen LogP contribution in [0.5, 0.6) is 0 Å². The van der Waals surface area contributed by atoms with Gasteiger partial charge >= 0.3 is 0 Å². The van der Waals surface area contributed by atoms with E-state index in [2.05, 4.69) is 25.0 Å². The first-order valence-electron chi connectivity index (χ1n) is 7.13. The van der Waals surface area contributed by atoms with Gasteiger partial charge in [-0.05, 0) is 25.0 Å². The Morgan fingerprint density at radius 2 is 1.95 bits per heavy atom. The fourth-order valence-electron chi connectivity index (χ4n) is 3.13. The van der Waals surface area contributed by atoms with Gasteiger partial charge in [0, 0.05) is 32.2 Å². The second-order valence-corrected chi connectivity index (χ2v) is 5.38. The minimum atomic E-state index is 0.520. The second kappa shape index (κ2) is 4.86. The van der Waals surface area contributed by atoms with Crippen molar-refractivity contribution in [3.8, 4) is 11.6 Å². The number of anilines is 1. The Morgan fingerprint density at radius 1 is 1.05 bits per heavy atom. The number of rotatable bonds is 2. The average Bonchev–Trinajstić information content (AvgIpc) is 2.88. The number of piperidine rings is 1. The molecule has 3 aliphatic heterocycles. The van der Waals surface area contributed by atoms with Gasteiger partial charge in [-0.1, -0.05) is 0 Å². The molecule has 5 rings (SSSR count). The molecule has 104 valence electrons. The Hall–Kier alpha value is -1.95. The summed E-state index contributed by atoms with van der Waals surface area (Å²) >= 11 is 0. The van der Waals surface area contributed by atoms with Crippen LogP contribution in [0.3, 0.4) is 0 Å². The van der Waals surface area contributed by atoms with Gasteiger partial charge in [0.05, 0.1) is 6.20 Å². The van der Waals surface area contributed by atoms with Crippen LogP contribution < -0.4 is 4.90 Å². The Kier molecular flexibility index (Phi) is 2.88. The lowest BCUT2D eigenvalue weighted by Crippen LogP contribution is -2.38. The first-order chi connectivity index (χ1) is 9.90. The molecule has 3 fully saturated rings. The largest absolute Gasteiger partial charge is 0.443 e. The average molecular weight is 271 g/mol. The van der Waals surface area contributed by atoms with E-state index in [-0.39, 0.29) is 0 Å². The van der Waals surface area contributed by atoms with Crippen LogP contribution in [0.25, 0.3) is 11.6 Å². The maximum atomic E-state index is 5.24. The quantitative estimate of drug-likeness (QED) is 0.823. The van der Waals surface area contributed by atoms with E-state index in [1.807, 2.05) is 12.1 Å². The minimum Gasteiger partial charge on any atom is -0.443 e. The van der Waals surface area contributed by atoms with E-state index in [1.54, 1.807) is 12.5 Å². The Labute approximate surface area is 117 Å². The Balaban J connectivity index is 1.59. The zero-order valence-electron chi connectivity index (χ0n) is 11.3. The van der Waals surface area contributed by atoms with Gasteiger partial charge in [-0.3, -0.25) is 0 Å². The van der Waals surface area contributed by atoms with Crippen LogP contribution >= 0.6 is 0 Å². The summed E-state index contributed by atoms with van der Waals surface area (Å²) < 4.78 is 5.24. The van der Waals surface area contributed by atoms with Crippen LogP contribution in [-0.4, -0.2) is 52.3 Å². The molecule has 0 aromatic carbocycles. The fraction of sp³-hybridized carbons (Fsp3) is 0.500. The van der Waals surface area contributed by atoms with Crippen molar-refractivity contribution in [3.05, 3.63) is 24.6 Å². The molecule has 0 aliphatic carbocycles. The first kappa shape index (κ1) is 11.8. The molecular weight excluding hydrogens is 254 g/mol. The van der Waals surface area contributed by atoms with Crippen molar-refractivity contribution in [2.24, 2.45) is 0 Å². The van der Waals surface area contributed by atoms with E-state index in [1.165, 1.54) is 25.9 Å². The van der Waals surface area contributed by atoms with E-state index in [4.69, 9.17) is 4.42 Å². The van der Waals surface area contributed by atoms with E-state index < -0.39 is 0 Å². The topological polar surface area (TPSA) is 58.3 Å². The lowest BCUT2D eigenvalue weighted by Gasteiger charge is -2.31. The highest BCUT2D eigenvalue weighted by molar-refractivity contribution is 5.49. The summed E-state index contributed by atoms with van der Waals surface area (Å²) in [5.74, 6) is 1.49. The van der Waals surface area contributed by atoms with E-state index in [0.29, 0.717) is 17.6 Å². The SMILES string of the molecule is c1coc(-c2ccc(N3CCN4CCC3CC4)nn2)n1. The fourth-order valence-corrected chi connectivity index (χ4v) is 3.13. The highest BCUT2D eigenvalue weighted by Gasteiger charge is 2.29. The van der Waals surface area contributed by atoms with Crippen molar-refractivity contribution < 1.29 is 4.42 Å². The minimum absolute atomic E-state index is 0.520. The molecule has 0 atom stereocenters. The monoisotopic (exact) mass is 271 g/mol. The van der Waals surface area contributed by atoms with Gasteiger partial charge < -0.3 is 14.2 Å². The molecule has 3 aliphatic rings. The maximum Gasteiger partial charge on any atom is 0.246 e. The number of oxazole rings is 1. The number of hydrogen-bond acceptors (Lipinski definition) is 6. The van der Waals surface area contributed by atoms with Gasteiger partial charge in [0.15, 0.2) is 5.82 Å². The van der Waals surface area contributed by atoms with Gasteiger partial charge in [-0.2, -0.15) is 0 Å². The molecule has 6 heteroatoms. The summed E-state index contributed by atoms with van der Waals surface area (Å²) in [6, 6.07) is 4.57. The summed E-state index contributed by atoms with van der Waals surface area (Å²) in [6.45, 7) is 4.59. The second-order valence-electron chi connectivity index (χ2n) is 5.38. The van der Waals surface area contributed by atoms with Crippen LogP contribution in [0.15, 0.2) is 29.0 Å². The number of fused-ring (bicyclic) bond motifs is 4.